The molecule has 20 heavy (non-hydrogen) atoms. The van der Waals surface area contributed by atoms with E-state index in [1.807, 2.05) is 0 Å². The molecule has 0 aliphatic rings. The maximum absolute atomic E-state index is 13.3. The SMILES string of the molecule is C=CCn1cc(C(=O)OCC)c(=O)c2cc(F)ccc21. The van der Waals surface area contributed by atoms with Crippen molar-refractivity contribution >= 4 is 16.9 Å². The van der Waals surface area contributed by atoms with E-state index in [2.05, 4.69) is 6.58 Å². The van der Waals surface area contributed by atoms with Crippen LogP contribution in [0.2, 0.25) is 0 Å². The summed E-state index contributed by atoms with van der Waals surface area (Å²) >= 11 is 0. The molecule has 1 aromatic carbocycles. The van der Waals surface area contributed by atoms with Crippen molar-refractivity contribution in [2.45, 2.75) is 13.5 Å². The fourth-order valence-electron chi connectivity index (χ4n) is 2.01. The molecule has 0 N–H and O–H groups in total. The lowest BCUT2D eigenvalue weighted by atomic mass is 10.1. The van der Waals surface area contributed by atoms with Gasteiger partial charge in [-0.1, -0.05) is 6.08 Å². The van der Waals surface area contributed by atoms with Crippen LogP contribution in [0.15, 0.2) is 41.8 Å². The molecule has 1 heterocycles. The highest BCUT2D eigenvalue weighted by Crippen LogP contribution is 2.14. The Balaban J connectivity index is 2.77. The summed E-state index contributed by atoms with van der Waals surface area (Å²) in [6, 6.07) is 3.90. The van der Waals surface area contributed by atoms with Crippen LogP contribution in [0.5, 0.6) is 0 Å². The Morgan fingerprint density at radius 2 is 2.25 bits per heavy atom. The van der Waals surface area contributed by atoms with Crippen molar-refractivity contribution < 1.29 is 13.9 Å². The van der Waals surface area contributed by atoms with E-state index in [0.29, 0.717) is 12.1 Å². The number of rotatable bonds is 4. The summed E-state index contributed by atoms with van der Waals surface area (Å²) in [6.45, 7) is 5.84. The molecule has 0 fully saturated rings. The third kappa shape index (κ3) is 2.47. The lowest BCUT2D eigenvalue weighted by Crippen LogP contribution is -2.21. The molecule has 0 aliphatic heterocycles. The van der Waals surface area contributed by atoms with E-state index < -0.39 is 17.2 Å². The predicted octanol–water partition coefficient (Wildman–Crippen LogP) is 2.50. The predicted molar refractivity (Wildman–Crippen MR) is 74.3 cm³/mol. The molecule has 1 aromatic heterocycles. The number of hydrogen-bond acceptors (Lipinski definition) is 3. The smallest absolute Gasteiger partial charge is 0.343 e. The molecule has 0 saturated carbocycles. The Labute approximate surface area is 115 Å². The molecule has 0 radical (unpaired) electrons. The number of benzene rings is 1. The first-order chi connectivity index (χ1) is 9.58. The van der Waals surface area contributed by atoms with Crippen LogP contribution >= 0.6 is 0 Å². The van der Waals surface area contributed by atoms with Crippen LogP contribution < -0.4 is 5.43 Å². The van der Waals surface area contributed by atoms with Crippen molar-refractivity contribution in [3.05, 3.63) is 58.7 Å². The first-order valence-electron chi connectivity index (χ1n) is 6.19. The van der Waals surface area contributed by atoms with Crippen LogP contribution in [-0.2, 0) is 11.3 Å². The Morgan fingerprint density at radius 3 is 2.90 bits per heavy atom. The lowest BCUT2D eigenvalue weighted by molar-refractivity contribution is 0.0524. The normalized spacial score (nSPS) is 10.5. The highest BCUT2D eigenvalue weighted by atomic mass is 19.1. The number of aromatic nitrogens is 1. The average Bonchev–Trinajstić information content (AvgIpc) is 2.42. The van der Waals surface area contributed by atoms with E-state index in [9.17, 15) is 14.0 Å². The maximum Gasteiger partial charge on any atom is 0.343 e. The summed E-state index contributed by atoms with van der Waals surface area (Å²) in [5.41, 5.74) is -0.0885. The largest absolute Gasteiger partial charge is 0.462 e. The zero-order valence-corrected chi connectivity index (χ0v) is 11.1. The maximum atomic E-state index is 13.3. The first kappa shape index (κ1) is 14.0. The highest BCUT2D eigenvalue weighted by molar-refractivity contribution is 5.93. The third-order valence-electron chi connectivity index (χ3n) is 2.86. The van der Waals surface area contributed by atoms with Gasteiger partial charge in [-0.3, -0.25) is 4.79 Å². The van der Waals surface area contributed by atoms with Crippen molar-refractivity contribution in [3.63, 3.8) is 0 Å². The number of fused-ring (bicyclic) bond motifs is 1. The van der Waals surface area contributed by atoms with Gasteiger partial charge in [0.1, 0.15) is 11.4 Å². The molecule has 2 aromatic rings. The van der Waals surface area contributed by atoms with Gasteiger partial charge in [-0.25, -0.2) is 9.18 Å². The Bertz CT molecular complexity index is 734. The molecule has 2 rings (SSSR count). The van der Waals surface area contributed by atoms with Gasteiger partial charge in [-0.15, -0.1) is 6.58 Å². The van der Waals surface area contributed by atoms with Gasteiger partial charge in [-0.05, 0) is 25.1 Å². The molecular formula is C15H14FNO3. The van der Waals surface area contributed by atoms with Crippen LogP contribution in [0.25, 0.3) is 10.9 Å². The van der Waals surface area contributed by atoms with E-state index in [0.717, 1.165) is 6.07 Å². The summed E-state index contributed by atoms with van der Waals surface area (Å²) in [5, 5.41) is 0.150. The van der Waals surface area contributed by atoms with Crippen molar-refractivity contribution in [1.29, 1.82) is 0 Å². The summed E-state index contributed by atoms with van der Waals surface area (Å²) in [4.78, 5) is 24.0. The molecule has 5 heteroatoms. The van der Waals surface area contributed by atoms with E-state index in [1.165, 1.54) is 18.3 Å². The molecule has 0 amide bonds. The summed E-state index contributed by atoms with van der Waals surface area (Å²) in [6.07, 6.45) is 3.05. The van der Waals surface area contributed by atoms with Gasteiger partial charge in [0.15, 0.2) is 0 Å². The first-order valence-corrected chi connectivity index (χ1v) is 6.19. The van der Waals surface area contributed by atoms with E-state index in [-0.39, 0.29) is 17.6 Å². The van der Waals surface area contributed by atoms with E-state index in [4.69, 9.17) is 4.74 Å². The minimum absolute atomic E-state index is 0.105. The topological polar surface area (TPSA) is 48.3 Å². The number of carbonyl (C=O) groups is 1. The number of ether oxygens (including phenoxy) is 1. The van der Waals surface area contributed by atoms with Gasteiger partial charge >= 0.3 is 5.97 Å². The van der Waals surface area contributed by atoms with E-state index in [1.54, 1.807) is 17.6 Å². The van der Waals surface area contributed by atoms with Crippen LogP contribution in [0.3, 0.4) is 0 Å². The fourth-order valence-corrected chi connectivity index (χ4v) is 2.01. The van der Waals surface area contributed by atoms with Gasteiger partial charge in [-0.2, -0.15) is 0 Å². The molecule has 0 spiro atoms. The van der Waals surface area contributed by atoms with Crippen molar-refractivity contribution in [1.82, 2.24) is 4.57 Å². The number of hydrogen-bond donors (Lipinski definition) is 0. The van der Waals surface area contributed by atoms with Crippen LogP contribution in [0.4, 0.5) is 4.39 Å². The van der Waals surface area contributed by atoms with Crippen molar-refractivity contribution in [2.24, 2.45) is 0 Å². The summed E-state index contributed by atoms with van der Waals surface area (Å²) < 4.78 is 19.8. The lowest BCUT2D eigenvalue weighted by Gasteiger charge is -2.11. The standard InChI is InChI=1S/C15H14FNO3/c1-3-7-17-9-12(15(19)20-4-2)14(18)11-8-10(16)5-6-13(11)17/h3,5-6,8-9H,1,4,7H2,2H3. The quantitative estimate of drug-likeness (QED) is 0.636. The number of carbonyl (C=O) groups excluding carboxylic acids is 1. The number of allylic oxidation sites excluding steroid dienone is 1. The number of nitrogens with zero attached hydrogens (tertiary/aromatic N) is 1. The van der Waals surface area contributed by atoms with Gasteiger partial charge in [0.2, 0.25) is 5.43 Å². The van der Waals surface area contributed by atoms with Crippen LogP contribution in [0.1, 0.15) is 17.3 Å². The Hall–Kier alpha value is -2.43. The second kappa shape index (κ2) is 5.69. The summed E-state index contributed by atoms with van der Waals surface area (Å²) in [7, 11) is 0. The second-order valence-electron chi connectivity index (χ2n) is 4.19. The number of pyridine rings is 1. The van der Waals surface area contributed by atoms with Crippen molar-refractivity contribution in [2.75, 3.05) is 6.61 Å². The summed E-state index contributed by atoms with van der Waals surface area (Å²) in [5.74, 6) is -1.23. The molecule has 0 bridgehead atoms. The molecule has 104 valence electrons. The molecule has 0 aliphatic carbocycles. The van der Waals surface area contributed by atoms with Crippen LogP contribution in [0, 0.1) is 5.82 Å². The zero-order valence-electron chi connectivity index (χ0n) is 11.1. The fraction of sp³-hybridized carbons (Fsp3) is 0.200. The monoisotopic (exact) mass is 275 g/mol. The molecule has 0 atom stereocenters. The van der Waals surface area contributed by atoms with Crippen LogP contribution in [-0.4, -0.2) is 17.1 Å². The molecule has 0 saturated heterocycles. The number of esters is 1. The minimum Gasteiger partial charge on any atom is -0.462 e. The van der Waals surface area contributed by atoms with E-state index >= 15 is 0 Å². The van der Waals surface area contributed by atoms with Crippen molar-refractivity contribution in [3.8, 4) is 0 Å². The highest BCUT2D eigenvalue weighted by Gasteiger charge is 2.16. The molecule has 0 unspecified atom stereocenters. The zero-order chi connectivity index (χ0) is 14.7. The van der Waals surface area contributed by atoms with Gasteiger partial charge in [0.05, 0.1) is 12.1 Å². The average molecular weight is 275 g/mol. The second-order valence-corrected chi connectivity index (χ2v) is 4.19. The molecule has 4 nitrogen and oxygen atoms in total. The Morgan fingerprint density at radius 1 is 1.50 bits per heavy atom. The number of halogens is 1. The molecular weight excluding hydrogens is 261 g/mol. The van der Waals surface area contributed by atoms with Gasteiger partial charge < -0.3 is 9.30 Å². The van der Waals surface area contributed by atoms with Gasteiger partial charge in [0, 0.05) is 18.1 Å². The van der Waals surface area contributed by atoms with Gasteiger partial charge in [0.25, 0.3) is 0 Å². The Kier molecular flexibility index (Phi) is 3.98. The third-order valence-corrected chi connectivity index (χ3v) is 2.86. The minimum atomic E-state index is -0.707.